The summed E-state index contributed by atoms with van der Waals surface area (Å²) >= 11 is 0. The quantitative estimate of drug-likeness (QED) is 0.501. The van der Waals surface area contributed by atoms with Crippen LogP contribution in [0.25, 0.3) is 0 Å². The van der Waals surface area contributed by atoms with E-state index in [2.05, 4.69) is 18.5 Å². The predicted octanol–water partition coefficient (Wildman–Crippen LogP) is 2.94. The number of nitrogens with zero attached hydrogens (tertiary/aromatic N) is 1. The van der Waals surface area contributed by atoms with E-state index in [-0.39, 0.29) is 11.6 Å². The number of carbonyl (C=O) groups excluding carboxylic acids is 1. The lowest BCUT2D eigenvalue weighted by Gasteiger charge is -2.24. The molecule has 0 saturated heterocycles. The zero-order valence-corrected chi connectivity index (χ0v) is 10.4. The molecule has 5 nitrogen and oxygen atoms in total. The van der Waals surface area contributed by atoms with E-state index in [0.29, 0.717) is 24.1 Å². The molecule has 0 spiro atoms. The molecule has 0 saturated carbocycles. The maximum absolute atomic E-state index is 12.2. The zero-order chi connectivity index (χ0) is 14.0. The number of nitro groups is 1. The summed E-state index contributed by atoms with van der Waals surface area (Å²) in [6.07, 6.45) is 4.13. The summed E-state index contributed by atoms with van der Waals surface area (Å²) in [4.78, 5) is 22.6. The van der Waals surface area contributed by atoms with Gasteiger partial charge in [-0.3, -0.25) is 14.9 Å². The molecule has 0 fully saturated rings. The summed E-state index contributed by atoms with van der Waals surface area (Å²) in [5, 5.41) is 13.6. The van der Waals surface area contributed by atoms with E-state index in [1.54, 1.807) is 18.2 Å². The molecule has 1 N–H and O–H groups in total. The lowest BCUT2D eigenvalue weighted by Crippen LogP contribution is -2.33. The van der Waals surface area contributed by atoms with Crippen molar-refractivity contribution in [3.63, 3.8) is 0 Å². The molecule has 1 aliphatic rings. The maximum Gasteiger partial charge on any atom is 0.269 e. The molecule has 0 aliphatic carbocycles. The van der Waals surface area contributed by atoms with Gasteiger partial charge in [0.05, 0.1) is 10.3 Å². The average Bonchev–Trinajstić information content (AvgIpc) is 2.63. The first-order valence-electron chi connectivity index (χ1n) is 5.87. The molecular formula is C14H14N2O3. The lowest BCUT2D eigenvalue weighted by molar-refractivity contribution is -0.384. The second-order valence-electron chi connectivity index (χ2n) is 4.51. The molecule has 1 heterocycles. The molecule has 0 aromatic heterocycles. The number of carbonyl (C=O) groups is 1. The minimum Gasteiger partial charge on any atom is -0.325 e. The fourth-order valence-corrected chi connectivity index (χ4v) is 2.50. The van der Waals surface area contributed by atoms with Crippen molar-refractivity contribution in [2.24, 2.45) is 0 Å². The summed E-state index contributed by atoms with van der Waals surface area (Å²) in [7, 11) is 0. The van der Waals surface area contributed by atoms with Crippen LogP contribution in [0.2, 0.25) is 0 Å². The van der Waals surface area contributed by atoms with Gasteiger partial charge in [0.25, 0.3) is 5.69 Å². The molecular weight excluding hydrogens is 244 g/mol. The van der Waals surface area contributed by atoms with Crippen LogP contribution in [-0.2, 0) is 10.2 Å². The van der Waals surface area contributed by atoms with Crippen LogP contribution in [0.3, 0.4) is 0 Å². The third-order valence-corrected chi connectivity index (χ3v) is 3.40. The Balaban J connectivity index is 2.62. The van der Waals surface area contributed by atoms with E-state index in [1.165, 1.54) is 12.1 Å². The summed E-state index contributed by atoms with van der Waals surface area (Å²) in [6, 6.07) is 4.41. The van der Waals surface area contributed by atoms with Gasteiger partial charge in [-0.1, -0.05) is 12.2 Å². The summed E-state index contributed by atoms with van der Waals surface area (Å²) in [5.41, 5.74) is 0.420. The first-order chi connectivity index (χ1) is 9.05. The second-order valence-corrected chi connectivity index (χ2v) is 4.51. The molecule has 5 heteroatoms. The topological polar surface area (TPSA) is 72.2 Å². The van der Waals surface area contributed by atoms with Crippen LogP contribution in [0.1, 0.15) is 18.4 Å². The van der Waals surface area contributed by atoms with Crippen LogP contribution < -0.4 is 5.32 Å². The van der Waals surface area contributed by atoms with Crippen LogP contribution in [0.5, 0.6) is 0 Å². The number of hydrogen-bond acceptors (Lipinski definition) is 3. The number of nitrogens with one attached hydrogen (secondary N) is 1. The fourth-order valence-electron chi connectivity index (χ4n) is 2.50. The molecule has 98 valence electrons. The molecule has 0 unspecified atom stereocenters. The standard InChI is InChI=1S/C14H14N2O3/c1-3-7-14(8-4-2)11-9-10(16(18)19)5-6-12(11)15-13(14)17/h3-6,9H,1-2,7-8H2,(H,15,17). The van der Waals surface area contributed by atoms with E-state index < -0.39 is 10.3 Å². The highest BCUT2D eigenvalue weighted by molar-refractivity contribution is 6.06. The molecule has 1 aromatic carbocycles. The molecule has 2 rings (SSSR count). The van der Waals surface area contributed by atoms with Crippen LogP contribution in [0, 0.1) is 10.1 Å². The Morgan fingerprint density at radius 2 is 1.95 bits per heavy atom. The minimum atomic E-state index is -0.829. The number of amides is 1. The van der Waals surface area contributed by atoms with Gasteiger partial charge >= 0.3 is 0 Å². The smallest absolute Gasteiger partial charge is 0.269 e. The number of benzene rings is 1. The first-order valence-corrected chi connectivity index (χ1v) is 5.87. The van der Waals surface area contributed by atoms with Gasteiger partial charge in [0.15, 0.2) is 0 Å². The van der Waals surface area contributed by atoms with E-state index in [4.69, 9.17) is 0 Å². The number of allylic oxidation sites excluding steroid dienone is 2. The molecule has 0 atom stereocenters. The van der Waals surface area contributed by atoms with Crippen molar-refractivity contribution in [2.75, 3.05) is 5.32 Å². The fraction of sp³-hybridized carbons (Fsp3) is 0.214. The predicted molar refractivity (Wildman–Crippen MR) is 73.0 cm³/mol. The first kappa shape index (κ1) is 13.0. The molecule has 0 bridgehead atoms. The molecule has 1 amide bonds. The number of rotatable bonds is 5. The Morgan fingerprint density at radius 3 is 2.47 bits per heavy atom. The summed E-state index contributed by atoms with van der Waals surface area (Å²) in [5.74, 6) is -0.164. The minimum absolute atomic E-state index is 0.0206. The van der Waals surface area contributed by atoms with Crippen molar-refractivity contribution >= 4 is 17.3 Å². The Labute approximate surface area is 110 Å². The van der Waals surface area contributed by atoms with Gasteiger partial charge in [-0.2, -0.15) is 0 Å². The average molecular weight is 258 g/mol. The van der Waals surface area contributed by atoms with Gasteiger partial charge in [0.1, 0.15) is 0 Å². The van der Waals surface area contributed by atoms with Crippen molar-refractivity contribution in [3.05, 3.63) is 59.2 Å². The number of nitro benzene ring substituents is 1. The zero-order valence-electron chi connectivity index (χ0n) is 10.4. The monoisotopic (exact) mass is 258 g/mol. The molecule has 0 radical (unpaired) electrons. The van der Waals surface area contributed by atoms with Crippen LogP contribution in [-0.4, -0.2) is 10.8 Å². The normalized spacial score (nSPS) is 15.5. The molecule has 1 aromatic rings. The van der Waals surface area contributed by atoms with E-state index >= 15 is 0 Å². The van der Waals surface area contributed by atoms with Crippen LogP contribution in [0.15, 0.2) is 43.5 Å². The van der Waals surface area contributed by atoms with E-state index in [0.717, 1.165) is 0 Å². The van der Waals surface area contributed by atoms with E-state index in [1.807, 2.05) is 0 Å². The Morgan fingerprint density at radius 1 is 1.32 bits per heavy atom. The van der Waals surface area contributed by atoms with Gasteiger partial charge in [-0.25, -0.2) is 0 Å². The SMILES string of the molecule is C=CCC1(CC=C)C(=O)Nc2ccc([N+](=O)[O-])cc21. The van der Waals surface area contributed by atoms with Crippen molar-refractivity contribution in [1.82, 2.24) is 0 Å². The number of non-ortho nitro benzene ring substituents is 1. The van der Waals surface area contributed by atoms with Gasteiger partial charge < -0.3 is 5.32 Å². The van der Waals surface area contributed by atoms with E-state index in [9.17, 15) is 14.9 Å². The lowest BCUT2D eigenvalue weighted by atomic mass is 9.76. The summed E-state index contributed by atoms with van der Waals surface area (Å²) in [6.45, 7) is 7.34. The Bertz CT molecular complexity index is 568. The van der Waals surface area contributed by atoms with Crippen molar-refractivity contribution in [3.8, 4) is 0 Å². The van der Waals surface area contributed by atoms with Crippen molar-refractivity contribution in [2.45, 2.75) is 18.3 Å². The molecule has 19 heavy (non-hydrogen) atoms. The highest BCUT2D eigenvalue weighted by atomic mass is 16.6. The molecule has 1 aliphatic heterocycles. The van der Waals surface area contributed by atoms with Crippen LogP contribution in [0.4, 0.5) is 11.4 Å². The second kappa shape index (κ2) is 4.68. The van der Waals surface area contributed by atoms with Crippen LogP contribution >= 0.6 is 0 Å². The van der Waals surface area contributed by atoms with Gasteiger partial charge in [0.2, 0.25) is 5.91 Å². The van der Waals surface area contributed by atoms with Gasteiger partial charge in [-0.05, 0) is 24.5 Å². The Hall–Kier alpha value is -2.43. The summed E-state index contributed by atoms with van der Waals surface area (Å²) < 4.78 is 0. The number of fused-ring (bicyclic) bond motifs is 1. The highest BCUT2D eigenvalue weighted by Gasteiger charge is 2.45. The largest absolute Gasteiger partial charge is 0.325 e. The number of hydrogen-bond donors (Lipinski definition) is 1. The number of anilines is 1. The maximum atomic E-state index is 12.2. The van der Waals surface area contributed by atoms with Gasteiger partial charge in [-0.15, -0.1) is 13.2 Å². The van der Waals surface area contributed by atoms with Gasteiger partial charge in [0, 0.05) is 17.8 Å². The van der Waals surface area contributed by atoms with Crippen molar-refractivity contribution in [1.29, 1.82) is 0 Å². The highest BCUT2D eigenvalue weighted by Crippen LogP contribution is 2.44. The van der Waals surface area contributed by atoms with Crippen molar-refractivity contribution < 1.29 is 9.72 Å². The third-order valence-electron chi connectivity index (χ3n) is 3.40. The Kier molecular flexibility index (Phi) is 3.21. The third kappa shape index (κ3) is 1.93.